The van der Waals surface area contributed by atoms with Crippen LogP contribution in [0.15, 0.2) is 57.9 Å². The molecule has 0 atom stereocenters. The van der Waals surface area contributed by atoms with Crippen LogP contribution in [0.1, 0.15) is 17.0 Å². The average molecular weight is 339 g/mol. The topological polar surface area (TPSA) is 42.2 Å². The zero-order valence-electron chi connectivity index (χ0n) is 14.2. The maximum atomic E-state index is 5.40. The lowest BCUT2D eigenvalue weighted by molar-refractivity contribution is 0.261. The molecule has 0 radical (unpaired) electrons. The van der Waals surface area contributed by atoms with Crippen molar-refractivity contribution in [1.82, 2.24) is 15.0 Å². The molecule has 3 rings (SSSR count). The fraction of sp³-hybridized carbons (Fsp3) is 0.263. The lowest BCUT2D eigenvalue weighted by Gasteiger charge is -2.14. The first-order valence-corrected chi connectivity index (χ1v) is 9.07. The average Bonchev–Trinajstić information content (AvgIpc) is 3.04. The summed E-state index contributed by atoms with van der Waals surface area (Å²) in [6.45, 7) is 3.53. The van der Waals surface area contributed by atoms with E-state index in [0.717, 1.165) is 12.1 Å². The van der Waals surface area contributed by atoms with Crippen LogP contribution in [0.3, 0.4) is 0 Å². The summed E-state index contributed by atoms with van der Waals surface area (Å²) in [7, 11) is 2.05. The van der Waals surface area contributed by atoms with E-state index in [4.69, 9.17) is 4.52 Å². The van der Waals surface area contributed by atoms with E-state index in [2.05, 4.69) is 71.7 Å². The van der Waals surface area contributed by atoms with Crippen molar-refractivity contribution < 1.29 is 4.52 Å². The van der Waals surface area contributed by atoms with Crippen molar-refractivity contribution in [2.75, 3.05) is 13.3 Å². The summed E-state index contributed by atoms with van der Waals surface area (Å²) in [5.74, 6) is 1.28. The normalized spacial score (nSPS) is 11.2. The van der Waals surface area contributed by atoms with Gasteiger partial charge in [-0.2, -0.15) is 4.98 Å². The molecule has 0 spiro atoms. The summed E-state index contributed by atoms with van der Waals surface area (Å²) in [6, 6.07) is 16.7. The van der Waals surface area contributed by atoms with Gasteiger partial charge in [0, 0.05) is 17.0 Å². The predicted molar refractivity (Wildman–Crippen MR) is 97.9 cm³/mol. The maximum absolute atomic E-state index is 5.40. The van der Waals surface area contributed by atoms with Crippen LogP contribution in [0.4, 0.5) is 0 Å². The Balaban J connectivity index is 1.63. The summed E-state index contributed by atoms with van der Waals surface area (Å²) >= 11 is 1.75. The van der Waals surface area contributed by atoms with Gasteiger partial charge < -0.3 is 4.52 Å². The van der Waals surface area contributed by atoms with Gasteiger partial charge in [0.2, 0.25) is 11.7 Å². The second-order valence-corrected chi connectivity index (χ2v) is 6.78. The Hall–Kier alpha value is -2.11. The molecule has 2 aromatic carbocycles. The molecular weight excluding hydrogens is 318 g/mol. The summed E-state index contributed by atoms with van der Waals surface area (Å²) < 4.78 is 5.40. The van der Waals surface area contributed by atoms with Crippen molar-refractivity contribution >= 4 is 11.8 Å². The first-order chi connectivity index (χ1) is 11.6. The van der Waals surface area contributed by atoms with Gasteiger partial charge in [0.15, 0.2) is 0 Å². The summed E-state index contributed by atoms with van der Waals surface area (Å²) in [6.07, 6.45) is 2.09. The molecule has 0 saturated carbocycles. The molecule has 0 saturated heterocycles. The van der Waals surface area contributed by atoms with Crippen molar-refractivity contribution in [3.8, 4) is 11.4 Å². The van der Waals surface area contributed by atoms with Crippen LogP contribution in [0.2, 0.25) is 0 Å². The largest absolute Gasteiger partial charge is 0.338 e. The monoisotopic (exact) mass is 339 g/mol. The maximum Gasteiger partial charge on any atom is 0.241 e. The second-order valence-electron chi connectivity index (χ2n) is 5.90. The molecule has 5 heteroatoms. The minimum absolute atomic E-state index is 0.628. The van der Waals surface area contributed by atoms with E-state index < -0.39 is 0 Å². The number of aromatic nitrogens is 2. The molecule has 0 fully saturated rings. The third-order valence-corrected chi connectivity index (χ3v) is 4.50. The van der Waals surface area contributed by atoms with Gasteiger partial charge in [0.1, 0.15) is 0 Å². The molecule has 0 N–H and O–H groups in total. The number of rotatable bonds is 6. The first kappa shape index (κ1) is 16.7. The fourth-order valence-corrected chi connectivity index (χ4v) is 2.96. The fourth-order valence-electron chi connectivity index (χ4n) is 2.55. The van der Waals surface area contributed by atoms with Gasteiger partial charge in [-0.15, -0.1) is 11.8 Å². The Kier molecular flexibility index (Phi) is 5.33. The van der Waals surface area contributed by atoms with E-state index in [-0.39, 0.29) is 0 Å². The molecule has 24 heavy (non-hydrogen) atoms. The van der Waals surface area contributed by atoms with E-state index in [1.807, 2.05) is 12.1 Å². The molecule has 3 aromatic rings. The minimum Gasteiger partial charge on any atom is -0.338 e. The van der Waals surface area contributed by atoms with Crippen LogP contribution in [0.25, 0.3) is 11.4 Å². The molecule has 0 unspecified atom stereocenters. The van der Waals surface area contributed by atoms with Crippen molar-refractivity contribution in [2.24, 2.45) is 0 Å². The van der Waals surface area contributed by atoms with Gasteiger partial charge in [0.05, 0.1) is 6.54 Å². The highest BCUT2D eigenvalue weighted by Gasteiger charge is 2.11. The van der Waals surface area contributed by atoms with Crippen molar-refractivity contribution in [3.05, 3.63) is 65.5 Å². The summed E-state index contributed by atoms with van der Waals surface area (Å²) in [5, 5.41) is 4.09. The van der Waals surface area contributed by atoms with Crippen molar-refractivity contribution in [2.45, 2.75) is 24.9 Å². The number of nitrogens with zero attached hydrogens (tertiary/aromatic N) is 3. The van der Waals surface area contributed by atoms with E-state index >= 15 is 0 Å². The highest BCUT2D eigenvalue weighted by Crippen LogP contribution is 2.18. The number of aryl methyl sites for hydroxylation is 1. The predicted octanol–water partition coefficient (Wildman–Crippen LogP) is 4.40. The smallest absolute Gasteiger partial charge is 0.241 e. The van der Waals surface area contributed by atoms with E-state index in [1.165, 1.54) is 16.0 Å². The van der Waals surface area contributed by atoms with Gasteiger partial charge >= 0.3 is 0 Å². The summed E-state index contributed by atoms with van der Waals surface area (Å²) in [5.41, 5.74) is 3.44. The molecule has 0 aliphatic heterocycles. The molecule has 1 heterocycles. The lowest BCUT2D eigenvalue weighted by Crippen LogP contribution is -2.17. The summed E-state index contributed by atoms with van der Waals surface area (Å²) in [4.78, 5) is 7.95. The third-order valence-electron chi connectivity index (χ3n) is 3.76. The number of hydrogen-bond donors (Lipinski definition) is 0. The molecule has 0 bridgehead atoms. The van der Waals surface area contributed by atoms with Crippen molar-refractivity contribution in [3.63, 3.8) is 0 Å². The molecule has 1 aromatic heterocycles. The second kappa shape index (κ2) is 7.64. The zero-order chi connectivity index (χ0) is 16.9. The first-order valence-electron chi connectivity index (χ1n) is 7.85. The standard InChI is InChI=1S/C19H21N3OS/c1-14-5-4-6-16(11-14)19-20-18(23-21-19)13-22(2)12-15-7-9-17(24-3)10-8-15/h4-11H,12-13H2,1-3H3. The van der Waals surface area contributed by atoms with Crippen LogP contribution in [0.5, 0.6) is 0 Å². The highest BCUT2D eigenvalue weighted by atomic mass is 32.2. The van der Waals surface area contributed by atoms with Crippen LogP contribution >= 0.6 is 11.8 Å². The Morgan fingerprint density at radius 1 is 1.08 bits per heavy atom. The zero-order valence-corrected chi connectivity index (χ0v) is 15.0. The van der Waals surface area contributed by atoms with Crippen LogP contribution < -0.4 is 0 Å². The van der Waals surface area contributed by atoms with Gasteiger partial charge in [-0.25, -0.2) is 0 Å². The number of benzene rings is 2. The minimum atomic E-state index is 0.628. The highest BCUT2D eigenvalue weighted by molar-refractivity contribution is 7.98. The Labute approximate surface area is 146 Å². The van der Waals surface area contributed by atoms with Crippen LogP contribution in [0, 0.1) is 6.92 Å². The van der Waals surface area contributed by atoms with Crippen molar-refractivity contribution in [1.29, 1.82) is 0 Å². The molecular formula is C19H21N3OS. The molecule has 0 aliphatic rings. The molecule has 124 valence electrons. The molecule has 0 aliphatic carbocycles. The Morgan fingerprint density at radius 2 is 1.88 bits per heavy atom. The number of thioether (sulfide) groups is 1. The number of hydrogen-bond acceptors (Lipinski definition) is 5. The van der Waals surface area contributed by atoms with Gasteiger partial charge in [-0.1, -0.05) is 41.1 Å². The van der Waals surface area contributed by atoms with Crippen LogP contribution in [-0.2, 0) is 13.1 Å². The van der Waals surface area contributed by atoms with Gasteiger partial charge in [-0.3, -0.25) is 4.90 Å². The Morgan fingerprint density at radius 3 is 2.58 bits per heavy atom. The Bertz CT molecular complexity index is 798. The van der Waals surface area contributed by atoms with Crippen LogP contribution in [-0.4, -0.2) is 28.3 Å². The van der Waals surface area contributed by atoms with E-state index in [9.17, 15) is 0 Å². The SMILES string of the molecule is CSc1ccc(CN(C)Cc2nc(-c3cccc(C)c3)no2)cc1. The van der Waals surface area contributed by atoms with Gasteiger partial charge in [-0.05, 0) is 44.0 Å². The quantitative estimate of drug-likeness (QED) is 0.623. The van der Waals surface area contributed by atoms with E-state index in [0.29, 0.717) is 18.3 Å². The van der Waals surface area contributed by atoms with Gasteiger partial charge in [0.25, 0.3) is 0 Å². The lowest BCUT2D eigenvalue weighted by atomic mass is 10.1. The van der Waals surface area contributed by atoms with E-state index in [1.54, 1.807) is 11.8 Å². The third kappa shape index (κ3) is 4.24. The molecule has 4 nitrogen and oxygen atoms in total. The molecule has 0 amide bonds.